The summed E-state index contributed by atoms with van der Waals surface area (Å²) in [4.78, 5) is 11.4. The number of hydrogen-bond acceptors (Lipinski definition) is 5. The molecule has 0 aromatic heterocycles. The molecular formula is C16H22F3NO5. The summed E-state index contributed by atoms with van der Waals surface area (Å²) < 4.78 is 42.6. The summed E-state index contributed by atoms with van der Waals surface area (Å²) >= 11 is 0. The lowest BCUT2D eigenvalue weighted by Crippen LogP contribution is -2.34. The molecule has 0 aliphatic heterocycles. The predicted octanol–water partition coefficient (Wildman–Crippen LogP) is 2.72. The zero-order valence-electron chi connectivity index (χ0n) is 14.1. The van der Waals surface area contributed by atoms with Crippen LogP contribution in [-0.4, -0.2) is 39.7 Å². The van der Waals surface area contributed by atoms with Crippen molar-refractivity contribution in [2.24, 2.45) is 0 Å². The minimum atomic E-state index is -4.63. The number of carbonyl (C=O) groups excluding carboxylic acids is 1. The molecule has 1 aromatic rings. The van der Waals surface area contributed by atoms with Crippen LogP contribution in [0.4, 0.5) is 18.0 Å². The van der Waals surface area contributed by atoms with Crippen LogP contribution in [0.3, 0.4) is 0 Å². The number of nitrogens with one attached hydrogen (secondary N) is 1. The van der Waals surface area contributed by atoms with Gasteiger partial charge in [-0.05, 0) is 39.3 Å². The highest BCUT2D eigenvalue weighted by molar-refractivity contribution is 5.67. The van der Waals surface area contributed by atoms with Gasteiger partial charge in [0.05, 0.1) is 11.7 Å². The Kier molecular flexibility index (Phi) is 6.67. The fraction of sp³-hybridized carbons (Fsp3) is 0.562. The first-order valence-electron chi connectivity index (χ1n) is 7.54. The van der Waals surface area contributed by atoms with E-state index in [1.165, 1.54) is 0 Å². The first-order valence-corrected chi connectivity index (χ1v) is 7.54. The zero-order chi connectivity index (χ0) is 19.4. The van der Waals surface area contributed by atoms with Gasteiger partial charge in [-0.1, -0.05) is 6.07 Å². The van der Waals surface area contributed by atoms with Crippen molar-refractivity contribution in [1.82, 2.24) is 5.32 Å². The van der Waals surface area contributed by atoms with Crippen molar-refractivity contribution in [3.05, 3.63) is 29.3 Å². The number of phenolic OH excluding ortho intramolecular Hbond substituents is 1. The Balaban J connectivity index is 2.62. The summed E-state index contributed by atoms with van der Waals surface area (Å²) in [6.07, 6.45) is -8.44. The topological polar surface area (TPSA) is 99.0 Å². The van der Waals surface area contributed by atoms with Gasteiger partial charge in [0.2, 0.25) is 0 Å². The van der Waals surface area contributed by atoms with Crippen LogP contribution in [0.25, 0.3) is 0 Å². The van der Waals surface area contributed by atoms with Gasteiger partial charge in [-0.3, -0.25) is 0 Å². The second-order valence-corrected chi connectivity index (χ2v) is 6.50. The molecule has 0 saturated carbocycles. The Labute approximate surface area is 143 Å². The van der Waals surface area contributed by atoms with E-state index in [0.717, 1.165) is 6.07 Å². The van der Waals surface area contributed by atoms with Gasteiger partial charge in [-0.15, -0.1) is 0 Å². The molecule has 0 radical (unpaired) electrons. The van der Waals surface area contributed by atoms with Crippen LogP contribution in [0, 0.1) is 0 Å². The Bertz CT molecular complexity index is 598. The number of halogens is 3. The number of alkyl carbamates (subject to hydrolysis) is 1. The summed E-state index contributed by atoms with van der Waals surface area (Å²) in [6.45, 7) is 5.00. The van der Waals surface area contributed by atoms with Gasteiger partial charge in [0.1, 0.15) is 17.5 Å². The second-order valence-electron chi connectivity index (χ2n) is 6.50. The van der Waals surface area contributed by atoms with Gasteiger partial charge < -0.3 is 25.4 Å². The highest BCUT2D eigenvalue weighted by Gasteiger charge is 2.32. The van der Waals surface area contributed by atoms with Crippen LogP contribution in [-0.2, 0) is 10.9 Å². The normalized spacial score (nSPS) is 14.7. The number of benzene rings is 1. The molecule has 1 aromatic carbocycles. The Morgan fingerprint density at radius 3 is 2.32 bits per heavy atom. The molecular weight excluding hydrogens is 343 g/mol. The van der Waals surface area contributed by atoms with E-state index in [9.17, 15) is 33.3 Å². The molecule has 25 heavy (non-hydrogen) atoms. The van der Waals surface area contributed by atoms with Crippen LogP contribution in [0.5, 0.6) is 5.75 Å². The number of aliphatic hydroxyl groups is 2. The van der Waals surface area contributed by atoms with Gasteiger partial charge in [0.25, 0.3) is 0 Å². The fourth-order valence-electron chi connectivity index (χ4n) is 1.97. The van der Waals surface area contributed by atoms with Gasteiger partial charge in [0.15, 0.2) is 0 Å². The predicted molar refractivity (Wildman–Crippen MR) is 82.9 cm³/mol. The number of carbonyl (C=O) groups is 1. The lowest BCUT2D eigenvalue weighted by Gasteiger charge is -2.22. The lowest BCUT2D eigenvalue weighted by atomic mass is 9.99. The molecule has 0 bridgehead atoms. The van der Waals surface area contributed by atoms with Gasteiger partial charge in [-0.2, -0.15) is 13.2 Å². The molecule has 9 heteroatoms. The maximum absolute atomic E-state index is 12.5. The number of ether oxygens (including phenoxy) is 1. The Morgan fingerprint density at radius 1 is 1.24 bits per heavy atom. The van der Waals surface area contributed by atoms with Crippen LogP contribution in [0.1, 0.15) is 44.4 Å². The Morgan fingerprint density at radius 2 is 1.84 bits per heavy atom. The van der Waals surface area contributed by atoms with Crippen molar-refractivity contribution in [2.45, 2.75) is 51.2 Å². The molecule has 6 nitrogen and oxygen atoms in total. The summed E-state index contributed by atoms with van der Waals surface area (Å²) in [5.41, 5.74) is -1.99. The summed E-state index contributed by atoms with van der Waals surface area (Å²) in [6, 6.07) is 2.07. The third-order valence-corrected chi connectivity index (χ3v) is 3.15. The molecule has 142 valence electrons. The SMILES string of the molecule is CC(C)(C)OC(=O)NCCC(O)C(O)c1ccc(C(F)(F)F)cc1O. The monoisotopic (exact) mass is 365 g/mol. The van der Waals surface area contributed by atoms with E-state index in [0.29, 0.717) is 12.1 Å². The molecule has 0 aliphatic carbocycles. The van der Waals surface area contributed by atoms with Crippen molar-refractivity contribution in [3.8, 4) is 5.75 Å². The van der Waals surface area contributed by atoms with Crippen molar-refractivity contribution >= 4 is 6.09 Å². The van der Waals surface area contributed by atoms with Gasteiger partial charge in [-0.25, -0.2) is 4.79 Å². The average Bonchev–Trinajstić information content (AvgIpc) is 2.43. The lowest BCUT2D eigenvalue weighted by molar-refractivity contribution is -0.137. The zero-order valence-corrected chi connectivity index (χ0v) is 14.1. The van der Waals surface area contributed by atoms with Crippen LogP contribution >= 0.6 is 0 Å². The molecule has 2 unspecified atom stereocenters. The van der Waals surface area contributed by atoms with Gasteiger partial charge >= 0.3 is 12.3 Å². The summed E-state index contributed by atoms with van der Waals surface area (Å²) in [5.74, 6) is -0.776. The van der Waals surface area contributed by atoms with Crippen LogP contribution < -0.4 is 5.32 Å². The van der Waals surface area contributed by atoms with Crippen molar-refractivity contribution in [2.75, 3.05) is 6.54 Å². The molecule has 1 amide bonds. The summed E-state index contributed by atoms with van der Waals surface area (Å²) in [5, 5.41) is 31.9. The third kappa shape index (κ3) is 6.79. The number of alkyl halides is 3. The first kappa shape index (κ1) is 21.0. The van der Waals surface area contributed by atoms with Crippen LogP contribution in [0.15, 0.2) is 18.2 Å². The number of phenols is 1. The second kappa shape index (κ2) is 7.92. The third-order valence-electron chi connectivity index (χ3n) is 3.15. The van der Waals surface area contributed by atoms with E-state index >= 15 is 0 Å². The quantitative estimate of drug-likeness (QED) is 0.643. The van der Waals surface area contributed by atoms with E-state index < -0.39 is 41.4 Å². The molecule has 0 aliphatic rings. The van der Waals surface area contributed by atoms with E-state index in [-0.39, 0.29) is 18.5 Å². The molecule has 2 atom stereocenters. The molecule has 0 heterocycles. The van der Waals surface area contributed by atoms with Gasteiger partial charge in [0, 0.05) is 12.1 Å². The number of hydrogen-bond donors (Lipinski definition) is 4. The highest BCUT2D eigenvalue weighted by Crippen LogP contribution is 2.35. The van der Waals surface area contributed by atoms with Crippen molar-refractivity contribution in [3.63, 3.8) is 0 Å². The number of rotatable bonds is 5. The molecule has 0 fully saturated rings. The van der Waals surface area contributed by atoms with Crippen molar-refractivity contribution in [1.29, 1.82) is 0 Å². The van der Waals surface area contributed by atoms with E-state index in [4.69, 9.17) is 4.74 Å². The minimum Gasteiger partial charge on any atom is -0.508 e. The van der Waals surface area contributed by atoms with Crippen LogP contribution in [0.2, 0.25) is 0 Å². The molecule has 0 spiro atoms. The maximum atomic E-state index is 12.5. The fourth-order valence-corrected chi connectivity index (χ4v) is 1.97. The minimum absolute atomic E-state index is 0.0332. The average molecular weight is 365 g/mol. The standard InChI is InChI=1S/C16H22F3NO5/c1-15(2,3)25-14(24)20-7-6-11(21)13(23)10-5-4-9(8-12(10)22)16(17,18)19/h4-5,8,11,13,21-23H,6-7H2,1-3H3,(H,20,24). The largest absolute Gasteiger partial charge is 0.508 e. The smallest absolute Gasteiger partial charge is 0.416 e. The number of amides is 1. The maximum Gasteiger partial charge on any atom is 0.416 e. The van der Waals surface area contributed by atoms with E-state index in [1.807, 2.05) is 0 Å². The Hall–Kier alpha value is -2.00. The van der Waals surface area contributed by atoms with E-state index in [1.54, 1.807) is 20.8 Å². The number of aromatic hydroxyl groups is 1. The summed E-state index contributed by atoms with van der Waals surface area (Å²) in [7, 11) is 0. The molecule has 4 N–H and O–H groups in total. The van der Waals surface area contributed by atoms with Crippen molar-refractivity contribution < 1.29 is 38.0 Å². The number of aliphatic hydroxyl groups excluding tert-OH is 2. The molecule has 1 rings (SSSR count). The van der Waals surface area contributed by atoms with E-state index in [2.05, 4.69) is 5.32 Å². The first-order chi connectivity index (χ1) is 11.3. The highest BCUT2D eigenvalue weighted by atomic mass is 19.4. The molecule has 0 saturated heterocycles.